The molecule has 19 aromatic rings. The first-order chi connectivity index (χ1) is 55.0. The minimum absolute atomic E-state index is 0.566. The zero-order valence-corrected chi connectivity index (χ0v) is 67.0. The SMILES string of the molecule is Brc1ccc(-c2c3ccccc3c(-c3ccccc3)c3ccccc23)cc1.Brc1ccc(I)cc1.Cc1ccc(N(c2ccccc2)c2ccc(-c3c4ccccc4c(-c4ccccc4)c4ccccc34)cc2)nc1.Cc1ccc(Nc2ccccc2)nc1.OB(O)c1c2ccccc2c(-c2ccccc2)c2ccccc12. The number of aryl methyl sites for hydroxylation is 2. The summed E-state index contributed by atoms with van der Waals surface area (Å²) in [5.41, 5.74) is 18.4. The molecule has 0 aliphatic carbocycles. The Balaban J connectivity index is 0.000000120. The third-order valence-corrected chi connectivity index (χ3v) is 21.5. The van der Waals surface area contributed by atoms with Gasteiger partial charge in [-0.05, 0) is 258 Å². The summed E-state index contributed by atoms with van der Waals surface area (Å²) in [7, 11) is -1.50. The van der Waals surface area contributed by atoms with Gasteiger partial charge in [-0.25, -0.2) is 9.97 Å². The lowest BCUT2D eigenvalue weighted by Crippen LogP contribution is -2.31. The number of rotatable bonds is 11. The average Bonchev–Trinajstić information content (AvgIpc) is 0.767. The molecule has 10 heteroatoms. The summed E-state index contributed by atoms with van der Waals surface area (Å²) in [6, 6.07) is 137. The first-order valence-corrected chi connectivity index (χ1v) is 39.8. The van der Waals surface area contributed by atoms with E-state index in [1.807, 2.05) is 147 Å². The normalized spacial score (nSPS) is 10.8. The molecule has 0 saturated carbocycles. The van der Waals surface area contributed by atoms with Crippen LogP contribution in [0, 0.1) is 17.4 Å². The number of hydrogen-bond acceptors (Lipinski definition) is 6. The second kappa shape index (κ2) is 35.7. The van der Waals surface area contributed by atoms with Gasteiger partial charge in [0.2, 0.25) is 0 Å². The van der Waals surface area contributed by atoms with Crippen LogP contribution in [0.15, 0.2) is 416 Å². The van der Waals surface area contributed by atoms with Crippen LogP contribution in [-0.4, -0.2) is 27.1 Å². The van der Waals surface area contributed by atoms with Gasteiger partial charge < -0.3 is 15.4 Å². The molecule has 0 aliphatic rings. The van der Waals surface area contributed by atoms with Crippen molar-refractivity contribution in [2.45, 2.75) is 13.8 Å². The molecule has 17 aromatic carbocycles. The first-order valence-electron chi connectivity index (χ1n) is 37.1. The molecule has 0 radical (unpaired) electrons. The van der Waals surface area contributed by atoms with Gasteiger partial charge in [0.15, 0.2) is 0 Å². The van der Waals surface area contributed by atoms with Crippen molar-refractivity contribution in [2.75, 3.05) is 10.2 Å². The van der Waals surface area contributed by atoms with E-state index in [2.05, 4.69) is 343 Å². The van der Waals surface area contributed by atoms with Crippen LogP contribution in [0.4, 0.5) is 28.7 Å². The number of hydrogen-bond donors (Lipinski definition) is 3. The van der Waals surface area contributed by atoms with Crippen LogP contribution in [-0.2, 0) is 0 Å². The fourth-order valence-electron chi connectivity index (χ4n) is 14.7. The molecule has 0 unspecified atom stereocenters. The van der Waals surface area contributed by atoms with Gasteiger partial charge >= 0.3 is 7.12 Å². The quantitative estimate of drug-likeness (QED) is 0.0680. The predicted octanol–water partition coefficient (Wildman–Crippen LogP) is 28.1. The molecule has 0 saturated heterocycles. The summed E-state index contributed by atoms with van der Waals surface area (Å²) in [6.07, 6.45) is 3.78. The minimum atomic E-state index is -1.50. The lowest BCUT2D eigenvalue weighted by atomic mass is 9.72. The molecule has 0 bridgehead atoms. The molecule has 0 atom stereocenters. The van der Waals surface area contributed by atoms with E-state index in [1.165, 1.54) is 96.7 Å². The van der Waals surface area contributed by atoms with Crippen LogP contribution in [0.5, 0.6) is 0 Å². The summed E-state index contributed by atoms with van der Waals surface area (Å²) < 4.78 is 3.50. The van der Waals surface area contributed by atoms with Crippen LogP contribution in [0.3, 0.4) is 0 Å². The number of aromatic nitrogens is 2. The molecular formula is C102H76BBr2IN4O2. The fourth-order valence-corrected chi connectivity index (χ4v) is 15.6. The fraction of sp³-hybridized carbons (Fsp3) is 0.0196. The van der Waals surface area contributed by atoms with Crippen LogP contribution in [0.25, 0.3) is 120 Å². The molecule has 2 heterocycles. The molecule has 19 rings (SSSR count). The van der Waals surface area contributed by atoms with Crippen molar-refractivity contribution in [1.29, 1.82) is 0 Å². The second-order valence-electron chi connectivity index (χ2n) is 27.1. The Morgan fingerprint density at radius 3 is 0.884 bits per heavy atom. The number of nitrogens with zero attached hydrogens (tertiary/aromatic N) is 3. The van der Waals surface area contributed by atoms with Crippen molar-refractivity contribution in [3.8, 4) is 55.6 Å². The Kier molecular flexibility index (Phi) is 24.0. The van der Waals surface area contributed by atoms with Crippen molar-refractivity contribution < 1.29 is 10.0 Å². The van der Waals surface area contributed by atoms with E-state index in [9.17, 15) is 10.0 Å². The number of pyridine rings is 2. The van der Waals surface area contributed by atoms with Crippen LogP contribution >= 0.6 is 54.5 Å². The third kappa shape index (κ3) is 17.1. The van der Waals surface area contributed by atoms with E-state index in [4.69, 9.17) is 4.98 Å². The number of anilines is 5. The number of fused-ring (bicyclic) bond motifs is 6. The maximum Gasteiger partial charge on any atom is 0.489 e. The molecule has 540 valence electrons. The molecule has 0 spiro atoms. The summed E-state index contributed by atoms with van der Waals surface area (Å²) in [5.74, 6) is 1.77. The molecule has 2 aromatic heterocycles. The van der Waals surface area contributed by atoms with Gasteiger partial charge in [-0.3, -0.25) is 4.90 Å². The van der Waals surface area contributed by atoms with Gasteiger partial charge in [-0.2, -0.15) is 0 Å². The van der Waals surface area contributed by atoms with Crippen molar-refractivity contribution in [2.24, 2.45) is 0 Å². The number of halogens is 3. The van der Waals surface area contributed by atoms with E-state index in [1.54, 1.807) is 0 Å². The van der Waals surface area contributed by atoms with E-state index in [0.717, 1.165) is 75.9 Å². The highest BCUT2D eigenvalue weighted by Crippen LogP contribution is 2.47. The van der Waals surface area contributed by atoms with Crippen LogP contribution in [0.1, 0.15) is 11.1 Å². The molecule has 112 heavy (non-hydrogen) atoms. The second-order valence-corrected chi connectivity index (χ2v) is 30.2. The maximum absolute atomic E-state index is 9.94. The zero-order chi connectivity index (χ0) is 76.7. The summed E-state index contributed by atoms with van der Waals surface area (Å²) in [6.45, 7) is 4.09. The summed E-state index contributed by atoms with van der Waals surface area (Å²) in [5, 5.41) is 37.1. The van der Waals surface area contributed by atoms with E-state index in [-0.39, 0.29) is 0 Å². The van der Waals surface area contributed by atoms with Gasteiger partial charge in [0.25, 0.3) is 0 Å². The third-order valence-electron chi connectivity index (χ3n) is 19.7. The average molecular weight is 1690 g/mol. The highest BCUT2D eigenvalue weighted by Gasteiger charge is 2.24. The van der Waals surface area contributed by atoms with E-state index < -0.39 is 7.12 Å². The van der Waals surface area contributed by atoms with Gasteiger partial charge in [0, 0.05) is 42.0 Å². The summed E-state index contributed by atoms with van der Waals surface area (Å²) >= 11 is 9.18. The largest absolute Gasteiger partial charge is 0.489 e. The molecule has 0 amide bonds. The molecule has 0 fully saturated rings. The van der Waals surface area contributed by atoms with Gasteiger partial charge in [0.1, 0.15) is 11.6 Å². The number of para-hydroxylation sites is 2. The van der Waals surface area contributed by atoms with Crippen LogP contribution in [0.2, 0.25) is 0 Å². The zero-order valence-electron chi connectivity index (χ0n) is 61.6. The minimum Gasteiger partial charge on any atom is -0.423 e. The van der Waals surface area contributed by atoms with Gasteiger partial charge in [-0.15, -0.1) is 0 Å². The monoisotopic (exact) mass is 1680 g/mol. The topological polar surface area (TPSA) is 81.5 Å². The standard InChI is InChI=1S/C38H28N2.C26H17Br.C20H15BO2.C12H12N2.C6H4BrI/c1-27-20-25-36(39-26-27)40(30-14-6-3-7-15-30)31-23-21-29(22-24-31)38-34-18-10-8-16-32(34)37(28-12-4-2-5-13-28)33-17-9-11-19-35(33)38;27-20-16-14-19(15-17-20)26-23-12-6-4-10-21(23)25(18-8-2-1-3-9-18)22-11-5-7-13-24(22)26;22-21(23)20-17-12-6-4-10-15(17)19(14-8-2-1-3-9-14)16-11-5-7-13-18(16)20;1-10-7-8-12(13-9-10)14-11-5-3-2-4-6-11;7-5-1-3-6(8)4-2-5/h2-26H,1H3;1-17H;1-13,22-23H;2-9H,1H3,(H,13,14);1-4H. The predicted molar refractivity (Wildman–Crippen MR) is 492 cm³/mol. The number of nitrogens with one attached hydrogen (secondary N) is 1. The van der Waals surface area contributed by atoms with Crippen molar-refractivity contribution >= 4 is 160 Å². The highest BCUT2D eigenvalue weighted by atomic mass is 127. The Bertz CT molecular complexity index is 6200. The lowest BCUT2D eigenvalue weighted by Gasteiger charge is -2.25. The maximum atomic E-state index is 9.94. The highest BCUT2D eigenvalue weighted by molar-refractivity contribution is 14.1. The smallest absolute Gasteiger partial charge is 0.423 e. The van der Waals surface area contributed by atoms with E-state index >= 15 is 0 Å². The van der Waals surface area contributed by atoms with Crippen LogP contribution < -0.4 is 15.7 Å². The van der Waals surface area contributed by atoms with E-state index in [0.29, 0.717) is 5.46 Å². The molecule has 6 nitrogen and oxygen atoms in total. The van der Waals surface area contributed by atoms with Gasteiger partial charge in [-0.1, -0.05) is 341 Å². The van der Waals surface area contributed by atoms with Crippen molar-refractivity contribution in [3.63, 3.8) is 0 Å². The molecular weight excluding hydrogens is 1610 g/mol. The first kappa shape index (κ1) is 75.3. The Morgan fingerprint density at radius 2 is 0.562 bits per heavy atom. The Labute approximate surface area is 684 Å². The number of benzene rings is 17. The molecule has 3 N–H and O–H groups in total. The Morgan fingerprint density at radius 1 is 0.286 bits per heavy atom. The Hall–Kier alpha value is -12.1. The molecule has 0 aliphatic heterocycles. The van der Waals surface area contributed by atoms with Crippen molar-refractivity contribution in [3.05, 3.63) is 430 Å². The lowest BCUT2D eigenvalue weighted by molar-refractivity contribution is 0.426. The van der Waals surface area contributed by atoms with Gasteiger partial charge in [0.05, 0.1) is 0 Å². The van der Waals surface area contributed by atoms with Crippen molar-refractivity contribution in [1.82, 2.24) is 9.97 Å². The summed E-state index contributed by atoms with van der Waals surface area (Å²) in [4.78, 5) is 11.2.